The Balaban J connectivity index is 0.000000902. The van der Waals surface area contributed by atoms with E-state index in [-0.39, 0.29) is 20.1 Å². The Morgan fingerprint density at radius 1 is 1.00 bits per heavy atom. The van der Waals surface area contributed by atoms with Crippen LogP contribution in [0, 0.1) is 0 Å². The summed E-state index contributed by atoms with van der Waals surface area (Å²) in [6.45, 7) is 0. The molecule has 17 heavy (non-hydrogen) atoms. The number of rotatable bonds is 0. The van der Waals surface area contributed by atoms with Crippen LogP contribution in [0.4, 0.5) is 0 Å². The second-order valence-corrected chi connectivity index (χ2v) is 3.78. The maximum absolute atomic E-state index is 5.46. The molecule has 0 aliphatic carbocycles. The summed E-state index contributed by atoms with van der Waals surface area (Å²) in [4.78, 5) is 8.59. The molecule has 0 unspecified atom stereocenters. The van der Waals surface area contributed by atoms with E-state index in [1.165, 1.54) is 11.8 Å². The van der Waals surface area contributed by atoms with Crippen LogP contribution in [0.2, 0.25) is 0 Å². The van der Waals surface area contributed by atoms with Crippen molar-refractivity contribution in [2.45, 2.75) is 0 Å². The second kappa shape index (κ2) is 3.69. The van der Waals surface area contributed by atoms with Crippen molar-refractivity contribution in [2.24, 2.45) is 0 Å². The van der Waals surface area contributed by atoms with Crippen LogP contribution in [0.1, 0.15) is 0 Å². The Kier molecular flexibility index (Phi) is 2.28. The van der Waals surface area contributed by atoms with E-state index in [9.17, 15) is 0 Å². The van der Waals surface area contributed by atoms with Crippen molar-refractivity contribution in [1.82, 2.24) is 9.97 Å². The van der Waals surface area contributed by atoms with Gasteiger partial charge in [-0.2, -0.15) is 6.20 Å². The maximum atomic E-state index is 5.46. The predicted molar refractivity (Wildman–Crippen MR) is 62.3 cm³/mol. The summed E-state index contributed by atoms with van der Waals surface area (Å²) in [6, 6.07) is 10.2. The van der Waals surface area contributed by atoms with E-state index in [2.05, 4.69) is 22.1 Å². The Morgan fingerprint density at radius 3 is 2.71 bits per heavy atom. The molecule has 0 N–H and O–H groups in total. The summed E-state index contributed by atoms with van der Waals surface area (Å²) >= 11 is 0. The normalized spacial score (nSPS) is 11.1. The third-order valence-corrected chi connectivity index (χ3v) is 2.95. The zero-order chi connectivity index (χ0) is 10.5. The molecule has 0 amide bonds. The van der Waals surface area contributed by atoms with Crippen LogP contribution in [-0.2, 0) is 20.1 Å². The second-order valence-electron chi connectivity index (χ2n) is 3.78. The van der Waals surface area contributed by atoms with Crippen LogP contribution < -0.4 is 4.98 Å². The minimum atomic E-state index is 0. The first kappa shape index (κ1) is 10.5. The molecular formula is C13H7IrN2O-. The summed E-state index contributed by atoms with van der Waals surface area (Å²) < 4.78 is 5.46. The molecule has 0 aliphatic rings. The van der Waals surface area contributed by atoms with Gasteiger partial charge in [-0.05, 0) is 10.8 Å². The molecule has 0 bridgehead atoms. The number of benzene rings is 2. The van der Waals surface area contributed by atoms with E-state index >= 15 is 0 Å². The van der Waals surface area contributed by atoms with Crippen molar-refractivity contribution in [3.8, 4) is 0 Å². The summed E-state index contributed by atoms with van der Waals surface area (Å²) in [7, 11) is 0. The van der Waals surface area contributed by atoms with Gasteiger partial charge in [0.15, 0.2) is 12.0 Å². The number of oxazole rings is 1. The first-order chi connectivity index (χ1) is 7.95. The topological polar surface area (TPSA) is 40.1 Å². The first-order valence-electron chi connectivity index (χ1n) is 5.10. The van der Waals surface area contributed by atoms with Gasteiger partial charge >= 0.3 is 0 Å². The van der Waals surface area contributed by atoms with Crippen LogP contribution in [0.25, 0.3) is 32.8 Å². The molecule has 85 valence electrons. The van der Waals surface area contributed by atoms with Crippen LogP contribution in [0.3, 0.4) is 0 Å². The monoisotopic (exact) mass is 400 g/mol. The van der Waals surface area contributed by atoms with E-state index in [1.807, 2.05) is 24.4 Å². The van der Waals surface area contributed by atoms with Gasteiger partial charge in [-0.15, -0.1) is 0 Å². The molecule has 0 saturated heterocycles. The van der Waals surface area contributed by atoms with Crippen LogP contribution in [0.5, 0.6) is 0 Å². The molecule has 2 heterocycles. The third kappa shape index (κ3) is 1.28. The molecule has 2 aromatic carbocycles. The molecule has 1 radical (unpaired) electrons. The zero-order valence-corrected chi connectivity index (χ0v) is 11.1. The van der Waals surface area contributed by atoms with Crippen molar-refractivity contribution in [3.05, 3.63) is 42.9 Å². The molecule has 0 aliphatic heterocycles. The van der Waals surface area contributed by atoms with Crippen LogP contribution >= 0.6 is 0 Å². The third-order valence-electron chi connectivity index (χ3n) is 2.95. The van der Waals surface area contributed by atoms with Gasteiger partial charge in [0.05, 0.1) is 5.52 Å². The average Bonchev–Trinajstić information content (AvgIpc) is 2.98. The molecular weight excluding hydrogens is 392 g/mol. The summed E-state index contributed by atoms with van der Waals surface area (Å²) in [5.74, 6) is 0. The minimum Gasteiger partial charge on any atom is -0.662 e. The molecule has 0 fully saturated rings. The molecule has 4 aromatic rings. The first-order valence-corrected chi connectivity index (χ1v) is 5.10. The fraction of sp³-hybridized carbons (Fsp3) is 0. The fourth-order valence-electron chi connectivity index (χ4n) is 2.26. The Labute approximate surface area is 110 Å². The van der Waals surface area contributed by atoms with Crippen LogP contribution in [0.15, 0.2) is 47.3 Å². The van der Waals surface area contributed by atoms with Crippen molar-refractivity contribution in [3.63, 3.8) is 0 Å². The smallest absolute Gasteiger partial charge is 0.181 e. The Bertz CT molecular complexity index is 747. The number of aromatic nitrogens is 2. The SMILES string of the molecule is [Ir].c1ccc2c(c1)c1cc[n-]c1c1ncoc21. The zero-order valence-electron chi connectivity index (χ0n) is 8.68. The van der Waals surface area contributed by atoms with Crippen LogP contribution in [-0.4, -0.2) is 4.98 Å². The molecule has 2 aromatic heterocycles. The largest absolute Gasteiger partial charge is 0.662 e. The van der Waals surface area contributed by atoms with Gasteiger partial charge in [0, 0.05) is 25.5 Å². The maximum Gasteiger partial charge on any atom is 0.181 e. The van der Waals surface area contributed by atoms with Gasteiger partial charge in [-0.25, -0.2) is 4.98 Å². The summed E-state index contributed by atoms with van der Waals surface area (Å²) in [6.07, 6.45) is 3.29. The standard InChI is InChI=1S/C13H7N2O.Ir/c1-2-4-10-8(3-1)9-5-6-14-11(9)12-13(10)16-7-15-12;/h1-7H;/q-1;. The number of hydrogen-bond acceptors (Lipinski definition) is 2. The Morgan fingerprint density at radius 2 is 1.82 bits per heavy atom. The quantitative estimate of drug-likeness (QED) is 0.456. The van der Waals surface area contributed by atoms with Gasteiger partial charge in [0.25, 0.3) is 0 Å². The summed E-state index contributed by atoms with van der Waals surface area (Å²) in [5.41, 5.74) is 2.59. The van der Waals surface area contributed by atoms with E-state index in [0.29, 0.717) is 0 Å². The molecule has 0 saturated carbocycles. The average molecular weight is 399 g/mol. The predicted octanol–water partition coefficient (Wildman–Crippen LogP) is 3.09. The van der Waals surface area contributed by atoms with E-state index in [1.54, 1.807) is 0 Å². The fourth-order valence-corrected chi connectivity index (χ4v) is 2.26. The van der Waals surface area contributed by atoms with Gasteiger partial charge in [-0.1, -0.05) is 35.8 Å². The van der Waals surface area contributed by atoms with Gasteiger partial charge < -0.3 is 9.40 Å². The number of hydrogen-bond donors (Lipinski definition) is 0. The van der Waals surface area contributed by atoms with Crippen molar-refractivity contribution < 1.29 is 24.5 Å². The van der Waals surface area contributed by atoms with E-state index < -0.39 is 0 Å². The van der Waals surface area contributed by atoms with E-state index in [0.717, 1.165) is 27.4 Å². The van der Waals surface area contributed by atoms with Gasteiger partial charge in [0.1, 0.15) is 0 Å². The molecule has 3 nitrogen and oxygen atoms in total. The minimum absolute atomic E-state index is 0. The molecule has 0 spiro atoms. The summed E-state index contributed by atoms with van der Waals surface area (Å²) in [5, 5.41) is 3.40. The van der Waals surface area contributed by atoms with E-state index in [4.69, 9.17) is 4.42 Å². The van der Waals surface area contributed by atoms with Gasteiger partial charge in [-0.3, -0.25) is 0 Å². The molecule has 0 atom stereocenters. The van der Waals surface area contributed by atoms with Crippen molar-refractivity contribution in [1.29, 1.82) is 0 Å². The molecule has 4 rings (SSSR count). The van der Waals surface area contributed by atoms with Crippen molar-refractivity contribution in [2.75, 3.05) is 0 Å². The number of fused-ring (bicyclic) bond motifs is 6. The Hall–Kier alpha value is -1.64. The van der Waals surface area contributed by atoms with Gasteiger partial charge in [0.2, 0.25) is 0 Å². The van der Waals surface area contributed by atoms with Crippen molar-refractivity contribution >= 4 is 32.8 Å². The number of nitrogens with zero attached hydrogens (tertiary/aromatic N) is 2. The molecule has 4 heteroatoms.